The second kappa shape index (κ2) is 5.78. The lowest BCUT2D eigenvalue weighted by Crippen LogP contribution is -2.50. The maximum absolute atomic E-state index is 6.41. The van der Waals surface area contributed by atoms with Crippen molar-refractivity contribution in [3.8, 4) is 0 Å². The molecule has 0 atom stereocenters. The molecule has 0 aliphatic carbocycles. The number of anilines is 1. The molecule has 1 aromatic rings. The first-order chi connectivity index (χ1) is 9.56. The molecule has 1 heterocycles. The lowest BCUT2D eigenvalue weighted by Gasteiger charge is -2.42. The first-order valence-corrected chi connectivity index (χ1v) is 7.77. The van der Waals surface area contributed by atoms with Crippen molar-refractivity contribution in [1.29, 1.82) is 0 Å². The summed E-state index contributed by atoms with van der Waals surface area (Å²) in [6.45, 7) is 8.76. The zero-order valence-electron chi connectivity index (χ0n) is 13.1. The van der Waals surface area contributed by atoms with E-state index in [1.165, 1.54) is 0 Å². The van der Waals surface area contributed by atoms with Crippen molar-refractivity contribution in [2.75, 3.05) is 5.73 Å². The Morgan fingerprint density at radius 2 is 1.45 bits per heavy atom. The summed E-state index contributed by atoms with van der Waals surface area (Å²) in [7, 11) is -0.307. The third-order valence-electron chi connectivity index (χ3n) is 4.96. The van der Waals surface area contributed by atoms with Crippen LogP contribution < -0.4 is 11.2 Å². The van der Waals surface area contributed by atoms with Crippen molar-refractivity contribution in [2.45, 2.75) is 64.6 Å². The van der Waals surface area contributed by atoms with Crippen LogP contribution in [0.1, 0.15) is 53.4 Å². The normalized spacial score (nSPS) is 20.3. The van der Waals surface area contributed by atoms with E-state index in [4.69, 9.17) is 15.0 Å². The zero-order chi connectivity index (χ0) is 14.8. The summed E-state index contributed by atoms with van der Waals surface area (Å²) in [5, 5.41) is 0. The van der Waals surface area contributed by atoms with Gasteiger partial charge in [0.05, 0.1) is 11.2 Å². The molecule has 0 bridgehead atoms. The van der Waals surface area contributed by atoms with Crippen LogP contribution in [-0.2, 0) is 9.31 Å². The fourth-order valence-electron chi connectivity index (χ4n) is 3.61. The van der Waals surface area contributed by atoms with Gasteiger partial charge in [-0.15, -0.1) is 0 Å². The van der Waals surface area contributed by atoms with Crippen LogP contribution in [0.4, 0.5) is 5.69 Å². The fourth-order valence-corrected chi connectivity index (χ4v) is 3.61. The first-order valence-electron chi connectivity index (χ1n) is 7.77. The van der Waals surface area contributed by atoms with E-state index >= 15 is 0 Å². The molecule has 0 amide bonds. The van der Waals surface area contributed by atoms with E-state index in [-0.39, 0.29) is 18.3 Å². The summed E-state index contributed by atoms with van der Waals surface area (Å²) in [6, 6.07) is 7.81. The van der Waals surface area contributed by atoms with E-state index in [2.05, 4.69) is 27.7 Å². The van der Waals surface area contributed by atoms with E-state index in [0.29, 0.717) is 0 Å². The molecule has 1 aliphatic rings. The Morgan fingerprint density at radius 3 is 1.85 bits per heavy atom. The first kappa shape index (κ1) is 15.4. The zero-order valence-corrected chi connectivity index (χ0v) is 13.1. The van der Waals surface area contributed by atoms with Gasteiger partial charge in [-0.05, 0) is 43.3 Å². The maximum atomic E-state index is 6.41. The molecule has 0 aromatic heterocycles. The topological polar surface area (TPSA) is 44.5 Å². The van der Waals surface area contributed by atoms with Crippen LogP contribution in [0.2, 0.25) is 0 Å². The Hall–Kier alpha value is -0.995. The van der Waals surface area contributed by atoms with Crippen molar-refractivity contribution >= 4 is 18.3 Å². The van der Waals surface area contributed by atoms with Gasteiger partial charge in [0.2, 0.25) is 0 Å². The largest absolute Gasteiger partial charge is 0.494 e. The van der Waals surface area contributed by atoms with Crippen LogP contribution in [0, 0.1) is 0 Å². The standard InChI is InChI=1S/C16H26BNO2/c1-5-15(6-2)16(7-3,8-4)20-17(19-15)13-10-9-11-14(18)12-13/h9-12H,5-8,18H2,1-4H3. The summed E-state index contributed by atoms with van der Waals surface area (Å²) >= 11 is 0. The van der Waals surface area contributed by atoms with E-state index in [1.54, 1.807) is 0 Å². The Bertz CT molecular complexity index is 436. The average molecular weight is 275 g/mol. The molecule has 4 heteroatoms. The molecule has 0 saturated carbocycles. The summed E-state index contributed by atoms with van der Waals surface area (Å²) < 4.78 is 12.8. The number of benzene rings is 1. The van der Waals surface area contributed by atoms with E-state index in [9.17, 15) is 0 Å². The number of nitrogen functional groups attached to an aromatic ring is 1. The molecular formula is C16H26BNO2. The van der Waals surface area contributed by atoms with Gasteiger partial charge in [-0.2, -0.15) is 0 Å². The summed E-state index contributed by atoms with van der Waals surface area (Å²) in [6.07, 6.45) is 3.85. The molecule has 1 aliphatic heterocycles. The van der Waals surface area contributed by atoms with E-state index in [0.717, 1.165) is 36.8 Å². The molecule has 0 spiro atoms. The van der Waals surface area contributed by atoms with Crippen LogP contribution in [0.3, 0.4) is 0 Å². The van der Waals surface area contributed by atoms with Crippen molar-refractivity contribution in [1.82, 2.24) is 0 Å². The second-order valence-corrected chi connectivity index (χ2v) is 5.64. The van der Waals surface area contributed by atoms with Gasteiger partial charge in [0.25, 0.3) is 0 Å². The molecule has 0 radical (unpaired) electrons. The van der Waals surface area contributed by atoms with Crippen molar-refractivity contribution in [3.63, 3.8) is 0 Å². The highest BCUT2D eigenvalue weighted by atomic mass is 16.7. The molecule has 20 heavy (non-hydrogen) atoms. The number of hydrogen-bond donors (Lipinski definition) is 1. The number of rotatable bonds is 5. The quantitative estimate of drug-likeness (QED) is 0.663. The molecule has 2 rings (SSSR count). The monoisotopic (exact) mass is 275 g/mol. The predicted molar refractivity (Wildman–Crippen MR) is 85.0 cm³/mol. The van der Waals surface area contributed by atoms with Gasteiger partial charge in [0.15, 0.2) is 0 Å². The highest BCUT2D eigenvalue weighted by Crippen LogP contribution is 2.46. The van der Waals surface area contributed by atoms with Crippen LogP contribution in [0.5, 0.6) is 0 Å². The fraction of sp³-hybridized carbons (Fsp3) is 0.625. The van der Waals surface area contributed by atoms with Gasteiger partial charge in [0, 0.05) is 5.69 Å². The molecule has 3 nitrogen and oxygen atoms in total. The highest BCUT2D eigenvalue weighted by Gasteiger charge is 2.58. The number of nitrogens with two attached hydrogens (primary N) is 1. The Morgan fingerprint density at radius 1 is 0.950 bits per heavy atom. The van der Waals surface area contributed by atoms with Crippen LogP contribution in [0.15, 0.2) is 24.3 Å². The van der Waals surface area contributed by atoms with Gasteiger partial charge in [-0.3, -0.25) is 0 Å². The molecule has 110 valence electrons. The lowest BCUT2D eigenvalue weighted by atomic mass is 9.75. The minimum absolute atomic E-state index is 0.203. The van der Waals surface area contributed by atoms with Crippen molar-refractivity contribution in [3.05, 3.63) is 24.3 Å². The van der Waals surface area contributed by atoms with Crippen molar-refractivity contribution < 1.29 is 9.31 Å². The SMILES string of the molecule is CCC1(CC)OB(c2cccc(N)c2)OC1(CC)CC. The molecule has 1 aromatic carbocycles. The van der Waals surface area contributed by atoms with Gasteiger partial charge >= 0.3 is 7.12 Å². The van der Waals surface area contributed by atoms with E-state index < -0.39 is 0 Å². The van der Waals surface area contributed by atoms with Crippen LogP contribution in [0.25, 0.3) is 0 Å². The minimum Gasteiger partial charge on any atom is -0.399 e. The summed E-state index contributed by atoms with van der Waals surface area (Å²) in [5.74, 6) is 0. The molecule has 1 fully saturated rings. The minimum atomic E-state index is -0.307. The van der Waals surface area contributed by atoms with Crippen LogP contribution in [-0.4, -0.2) is 18.3 Å². The smallest absolute Gasteiger partial charge is 0.399 e. The molecular weight excluding hydrogens is 249 g/mol. The third kappa shape index (κ3) is 2.25. The Kier molecular flexibility index (Phi) is 4.45. The Labute approximate surface area is 123 Å². The van der Waals surface area contributed by atoms with E-state index in [1.807, 2.05) is 24.3 Å². The molecule has 1 saturated heterocycles. The highest BCUT2D eigenvalue weighted by molar-refractivity contribution is 6.62. The molecule has 2 N–H and O–H groups in total. The predicted octanol–water partition coefficient (Wildman–Crippen LogP) is 3.13. The summed E-state index contributed by atoms with van der Waals surface area (Å²) in [4.78, 5) is 0. The van der Waals surface area contributed by atoms with Gasteiger partial charge in [-0.25, -0.2) is 0 Å². The van der Waals surface area contributed by atoms with Crippen molar-refractivity contribution in [2.24, 2.45) is 0 Å². The van der Waals surface area contributed by atoms with Gasteiger partial charge in [-0.1, -0.05) is 39.8 Å². The van der Waals surface area contributed by atoms with Crippen LogP contribution >= 0.6 is 0 Å². The summed E-state index contributed by atoms with van der Waals surface area (Å²) in [5.41, 5.74) is 7.24. The van der Waals surface area contributed by atoms with Gasteiger partial charge < -0.3 is 15.0 Å². The Balaban J connectivity index is 2.37. The maximum Gasteiger partial charge on any atom is 0.494 e. The third-order valence-corrected chi connectivity index (χ3v) is 4.96. The average Bonchev–Trinajstić information content (AvgIpc) is 2.83. The van der Waals surface area contributed by atoms with Gasteiger partial charge in [0.1, 0.15) is 0 Å². The number of hydrogen-bond acceptors (Lipinski definition) is 3. The molecule has 0 unspecified atom stereocenters. The lowest BCUT2D eigenvalue weighted by molar-refractivity contribution is -0.0601. The second-order valence-electron chi connectivity index (χ2n) is 5.64.